The molecular formula is C14H11N5. The van der Waals surface area contributed by atoms with Gasteiger partial charge >= 0.3 is 0 Å². The molecule has 0 aliphatic rings. The van der Waals surface area contributed by atoms with Crippen LogP contribution in [0.3, 0.4) is 0 Å². The normalized spacial score (nSPS) is 11.4. The summed E-state index contributed by atoms with van der Waals surface area (Å²) >= 11 is 0. The van der Waals surface area contributed by atoms with E-state index in [2.05, 4.69) is 33.6 Å². The van der Waals surface area contributed by atoms with Crippen LogP contribution in [0.4, 0.5) is 0 Å². The zero-order valence-corrected chi connectivity index (χ0v) is 10.4. The van der Waals surface area contributed by atoms with Crippen LogP contribution in [0.1, 0.15) is 0 Å². The van der Waals surface area contributed by atoms with Crippen LogP contribution in [0.2, 0.25) is 0 Å². The Kier molecular flexibility index (Phi) is 1.97. The summed E-state index contributed by atoms with van der Waals surface area (Å²) in [6.07, 6.45) is 3.76. The van der Waals surface area contributed by atoms with Crippen molar-refractivity contribution in [3.05, 3.63) is 48.8 Å². The Morgan fingerprint density at radius 2 is 2.05 bits per heavy atom. The van der Waals surface area contributed by atoms with Crippen molar-refractivity contribution in [1.29, 1.82) is 0 Å². The van der Waals surface area contributed by atoms with Crippen LogP contribution in [0, 0.1) is 0 Å². The Morgan fingerprint density at radius 3 is 3.00 bits per heavy atom. The number of nitrogens with zero attached hydrogens (tertiary/aromatic N) is 5. The van der Waals surface area contributed by atoms with Crippen molar-refractivity contribution >= 4 is 16.6 Å². The molecule has 0 amide bonds. The van der Waals surface area contributed by atoms with Crippen LogP contribution in [-0.2, 0) is 7.05 Å². The first-order valence-electron chi connectivity index (χ1n) is 6.05. The number of rotatable bonds is 1. The van der Waals surface area contributed by atoms with Gasteiger partial charge in [-0.05, 0) is 29.8 Å². The van der Waals surface area contributed by atoms with E-state index in [1.807, 2.05) is 40.6 Å². The molecule has 0 atom stereocenters. The zero-order valence-electron chi connectivity index (χ0n) is 10.4. The predicted octanol–water partition coefficient (Wildman–Crippen LogP) is 2.28. The molecule has 0 radical (unpaired) electrons. The van der Waals surface area contributed by atoms with E-state index in [1.165, 1.54) is 0 Å². The number of fused-ring (bicyclic) bond motifs is 2. The van der Waals surface area contributed by atoms with E-state index in [0.29, 0.717) is 0 Å². The second-order valence-electron chi connectivity index (χ2n) is 4.50. The van der Waals surface area contributed by atoms with Gasteiger partial charge in [-0.15, -0.1) is 5.10 Å². The summed E-state index contributed by atoms with van der Waals surface area (Å²) in [7, 11) is 1.91. The van der Waals surface area contributed by atoms with E-state index >= 15 is 0 Å². The Balaban J connectivity index is 2.05. The lowest BCUT2D eigenvalue weighted by Crippen LogP contribution is -1.93. The highest BCUT2D eigenvalue weighted by Crippen LogP contribution is 2.27. The lowest BCUT2D eigenvalue weighted by Gasteiger charge is -2.05. The molecule has 0 unspecified atom stereocenters. The molecule has 3 heterocycles. The minimum absolute atomic E-state index is 0.911. The van der Waals surface area contributed by atoms with Gasteiger partial charge in [0.25, 0.3) is 0 Å². The quantitative estimate of drug-likeness (QED) is 0.520. The molecule has 0 aliphatic carbocycles. The molecule has 5 heteroatoms. The summed E-state index contributed by atoms with van der Waals surface area (Å²) in [4.78, 5) is 0. The van der Waals surface area contributed by atoms with Crippen molar-refractivity contribution in [3.63, 3.8) is 0 Å². The number of pyridine rings is 1. The second-order valence-corrected chi connectivity index (χ2v) is 4.50. The molecule has 5 nitrogen and oxygen atoms in total. The van der Waals surface area contributed by atoms with Gasteiger partial charge in [0.15, 0.2) is 0 Å². The van der Waals surface area contributed by atoms with Gasteiger partial charge in [0.05, 0.1) is 11.0 Å². The van der Waals surface area contributed by atoms with E-state index in [1.54, 1.807) is 6.20 Å². The maximum absolute atomic E-state index is 4.21. The van der Waals surface area contributed by atoms with Crippen LogP contribution < -0.4 is 0 Å². The fourth-order valence-corrected chi connectivity index (χ4v) is 2.43. The van der Waals surface area contributed by atoms with E-state index < -0.39 is 0 Å². The lowest BCUT2D eigenvalue weighted by molar-refractivity contribution is 0.737. The predicted molar refractivity (Wildman–Crippen MR) is 72.7 cm³/mol. The minimum atomic E-state index is 0.911. The summed E-state index contributed by atoms with van der Waals surface area (Å²) in [6, 6.07) is 12.2. The average Bonchev–Trinajstić information content (AvgIpc) is 3.05. The topological polar surface area (TPSA) is 48.0 Å². The van der Waals surface area contributed by atoms with Gasteiger partial charge in [-0.1, -0.05) is 17.3 Å². The molecule has 0 spiro atoms. The Labute approximate surface area is 109 Å². The van der Waals surface area contributed by atoms with Gasteiger partial charge in [0.1, 0.15) is 5.52 Å². The molecule has 19 heavy (non-hydrogen) atoms. The van der Waals surface area contributed by atoms with Crippen molar-refractivity contribution in [2.24, 2.45) is 7.05 Å². The summed E-state index contributed by atoms with van der Waals surface area (Å²) in [6.45, 7) is 0. The fraction of sp³-hybridized carbons (Fsp3) is 0.0714. The fourth-order valence-electron chi connectivity index (χ4n) is 2.43. The van der Waals surface area contributed by atoms with Crippen molar-refractivity contribution in [3.8, 4) is 11.1 Å². The Bertz CT molecular complexity index is 887. The van der Waals surface area contributed by atoms with E-state index in [0.717, 1.165) is 27.7 Å². The van der Waals surface area contributed by atoms with Gasteiger partial charge in [-0.2, -0.15) is 5.10 Å². The third kappa shape index (κ3) is 1.45. The number of aryl methyl sites for hydroxylation is 1. The highest BCUT2D eigenvalue weighted by molar-refractivity contribution is 5.92. The maximum atomic E-state index is 4.21. The molecule has 0 saturated heterocycles. The molecule has 3 aromatic heterocycles. The van der Waals surface area contributed by atoms with Gasteiger partial charge < -0.3 is 0 Å². The Hall–Kier alpha value is -2.69. The molecule has 0 saturated carbocycles. The van der Waals surface area contributed by atoms with Crippen molar-refractivity contribution in [2.75, 3.05) is 0 Å². The van der Waals surface area contributed by atoms with Crippen molar-refractivity contribution in [1.82, 2.24) is 24.6 Å². The van der Waals surface area contributed by atoms with E-state index in [-0.39, 0.29) is 0 Å². The average molecular weight is 249 g/mol. The highest BCUT2D eigenvalue weighted by Gasteiger charge is 2.09. The molecular weight excluding hydrogens is 238 g/mol. The number of aromatic nitrogens is 5. The SMILES string of the molecule is Cn1nnc2cccc(-c3ccn4nccc4c3)c21. The summed E-state index contributed by atoms with van der Waals surface area (Å²) < 4.78 is 3.66. The first-order valence-corrected chi connectivity index (χ1v) is 6.05. The number of hydrogen-bond acceptors (Lipinski definition) is 3. The van der Waals surface area contributed by atoms with Crippen LogP contribution in [0.5, 0.6) is 0 Å². The summed E-state index contributed by atoms with van der Waals surface area (Å²) in [5.74, 6) is 0. The molecule has 0 aliphatic heterocycles. The van der Waals surface area contributed by atoms with Crippen molar-refractivity contribution in [2.45, 2.75) is 0 Å². The van der Waals surface area contributed by atoms with Gasteiger partial charge in [0.2, 0.25) is 0 Å². The van der Waals surface area contributed by atoms with Gasteiger partial charge in [-0.3, -0.25) is 0 Å². The van der Waals surface area contributed by atoms with E-state index in [9.17, 15) is 0 Å². The largest absolute Gasteiger partial charge is 0.247 e. The van der Waals surface area contributed by atoms with Crippen LogP contribution in [0.25, 0.3) is 27.7 Å². The van der Waals surface area contributed by atoms with Gasteiger partial charge in [0, 0.05) is 25.0 Å². The van der Waals surface area contributed by atoms with Crippen LogP contribution in [0.15, 0.2) is 48.8 Å². The molecule has 4 aromatic rings. The maximum Gasteiger partial charge on any atom is 0.113 e. The monoisotopic (exact) mass is 249 g/mol. The standard InChI is InChI=1S/C14H11N5/c1-18-14-12(3-2-4-13(14)16-17-18)10-6-8-19-11(9-10)5-7-15-19/h2-9H,1H3. The van der Waals surface area contributed by atoms with Crippen molar-refractivity contribution < 1.29 is 0 Å². The molecule has 92 valence electrons. The third-order valence-corrected chi connectivity index (χ3v) is 3.34. The smallest absolute Gasteiger partial charge is 0.113 e. The van der Waals surface area contributed by atoms with Gasteiger partial charge in [-0.25, -0.2) is 9.20 Å². The first-order chi connectivity index (χ1) is 9.33. The second kappa shape index (κ2) is 3.65. The third-order valence-electron chi connectivity index (χ3n) is 3.34. The lowest BCUT2D eigenvalue weighted by atomic mass is 10.0. The first kappa shape index (κ1) is 10.3. The van der Waals surface area contributed by atoms with E-state index in [4.69, 9.17) is 0 Å². The molecule has 0 fully saturated rings. The number of hydrogen-bond donors (Lipinski definition) is 0. The van der Waals surface area contributed by atoms with Crippen LogP contribution >= 0.6 is 0 Å². The molecule has 0 bridgehead atoms. The molecule has 1 aromatic carbocycles. The Morgan fingerprint density at radius 1 is 1.11 bits per heavy atom. The minimum Gasteiger partial charge on any atom is -0.247 e. The molecule has 0 N–H and O–H groups in total. The number of para-hydroxylation sites is 1. The highest BCUT2D eigenvalue weighted by atomic mass is 15.4. The summed E-state index contributed by atoms with van der Waals surface area (Å²) in [5, 5.41) is 12.4. The summed E-state index contributed by atoms with van der Waals surface area (Å²) in [5.41, 5.74) is 5.31. The van der Waals surface area contributed by atoms with Crippen LogP contribution in [-0.4, -0.2) is 24.6 Å². The number of benzene rings is 1. The molecule has 4 rings (SSSR count). The zero-order chi connectivity index (χ0) is 12.8.